The molecule has 1 aliphatic heterocycles. The number of piperidine rings is 1. The second-order valence-corrected chi connectivity index (χ2v) is 9.43. The maximum absolute atomic E-state index is 12.5. The van der Waals surface area contributed by atoms with Gasteiger partial charge in [-0.2, -0.15) is 0 Å². The highest BCUT2D eigenvalue weighted by Crippen LogP contribution is 2.22. The molecule has 1 heterocycles. The summed E-state index contributed by atoms with van der Waals surface area (Å²) in [5.74, 6) is -0.272. The Morgan fingerprint density at radius 3 is 2.55 bits per heavy atom. The van der Waals surface area contributed by atoms with E-state index in [1.165, 1.54) is 6.08 Å². The van der Waals surface area contributed by atoms with Crippen LogP contribution in [0, 0.1) is 5.92 Å². The van der Waals surface area contributed by atoms with E-state index in [1.807, 2.05) is 6.92 Å². The van der Waals surface area contributed by atoms with Gasteiger partial charge in [0.25, 0.3) is 0 Å². The highest BCUT2D eigenvalue weighted by Gasteiger charge is 2.28. The van der Waals surface area contributed by atoms with Gasteiger partial charge in [-0.25, -0.2) is 13.1 Å². The van der Waals surface area contributed by atoms with Crippen molar-refractivity contribution in [2.24, 2.45) is 5.92 Å². The Kier molecular flexibility index (Phi) is 7.08. The normalized spacial score (nSPS) is 20.0. The monoisotopic (exact) mass is 419 g/mol. The standard InChI is InChI=1S/C21H29N3O4S/c1-2-13-22-21(26)17-4-3-14-24(15-17)20(25)12-7-16-5-10-19(11-6-16)29(27,28)23-18-8-9-18/h5-7,10-12,17-18,23H,2-4,8-9,13-15H2,1H3,(H,22,26)/b12-7+. The van der Waals surface area contributed by atoms with E-state index in [4.69, 9.17) is 0 Å². The Labute approximate surface area is 172 Å². The molecule has 0 radical (unpaired) electrons. The number of carbonyl (C=O) groups excluding carboxylic acids is 2. The quantitative estimate of drug-likeness (QED) is 0.629. The third-order valence-electron chi connectivity index (χ3n) is 5.16. The number of carbonyl (C=O) groups is 2. The minimum absolute atomic E-state index is 0.0185. The summed E-state index contributed by atoms with van der Waals surface area (Å²) in [6.45, 7) is 3.74. The van der Waals surface area contributed by atoms with Crippen LogP contribution in [0.3, 0.4) is 0 Å². The van der Waals surface area contributed by atoms with Gasteiger partial charge in [-0.1, -0.05) is 19.1 Å². The van der Waals surface area contributed by atoms with Crippen LogP contribution < -0.4 is 10.0 Å². The summed E-state index contributed by atoms with van der Waals surface area (Å²) in [5.41, 5.74) is 0.748. The molecule has 2 N–H and O–H groups in total. The number of rotatable bonds is 8. The molecule has 1 unspecified atom stereocenters. The van der Waals surface area contributed by atoms with Crippen molar-refractivity contribution < 1.29 is 18.0 Å². The summed E-state index contributed by atoms with van der Waals surface area (Å²) >= 11 is 0. The molecule has 2 aliphatic rings. The van der Waals surface area contributed by atoms with Crippen molar-refractivity contribution >= 4 is 27.9 Å². The molecule has 158 valence electrons. The van der Waals surface area contributed by atoms with E-state index < -0.39 is 10.0 Å². The van der Waals surface area contributed by atoms with Gasteiger partial charge in [-0.3, -0.25) is 9.59 Å². The first-order chi connectivity index (χ1) is 13.9. The summed E-state index contributed by atoms with van der Waals surface area (Å²) in [6.07, 6.45) is 7.43. The molecule has 0 aromatic heterocycles. The van der Waals surface area contributed by atoms with Crippen molar-refractivity contribution in [3.63, 3.8) is 0 Å². The number of likely N-dealkylation sites (tertiary alicyclic amines) is 1. The Balaban J connectivity index is 1.56. The van der Waals surface area contributed by atoms with Crippen LogP contribution in [0.2, 0.25) is 0 Å². The first-order valence-electron chi connectivity index (χ1n) is 10.3. The highest BCUT2D eigenvalue weighted by atomic mass is 32.2. The highest BCUT2D eigenvalue weighted by molar-refractivity contribution is 7.89. The van der Waals surface area contributed by atoms with Gasteiger partial charge >= 0.3 is 0 Å². The average molecular weight is 420 g/mol. The fourth-order valence-corrected chi connectivity index (χ4v) is 4.61. The van der Waals surface area contributed by atoms with E-state index in [1.54, 1.807) is 35.2 Å². The van der Waals surface area contributed by atoms with E-state index in [0.29, 0.717) is 19.6 Å². The second-order valence-electron chi connectivity index (χ2n) is 7.71. The topological polar surface area (TPSA) is 95.6 Å². The van der Waals surface area contributed by atoms with Gasteiger partial charge in [0.15, 0.2) is 0 Å². The molecule has 1 aliphatic carbocycles. The Hall–Kier alpha value is -2.19. The predicted molar refractivity (Wildman–Crippen MR) is 111 cm³/mol. The van der Waals surface area contributed by atoms with Gasteiger partial charge in [0.2, 0.25) is 21.8 Å². The van der Waals surface area contributed by atoms with Gasteiger partial charge in [-0.05, 0) is 55.9 Å². The van der Waals surface area contributed by atoms with Crippen LogP contribution in [-0.4, -0.2) is 50.8 Å². The molecule has 1 saturated heterocycles. The van der Waals surface area contributed by atoms with Crippen LogP contribution in [0.5, 0.6) is 0 Å². The van der Waals surface area contributed by atoms with Crippen molar-refractivity contribution in [1.29, 1.82) is 0 Å². The molecule has 0 spiro atoms. The molecule has 7 nitrogen and oxygen atoms in total. The van der Waals surface area contributed by atoms with Crippen LogP contribution in [0.15, 0.2) is 35.2 Å². The van der Waals surface area contributed by atoms with Gasteiger partial charge in [0.1, 0.15) is 0 Å². The van der Waals surface area contributed by atoms with Gasteiger partial charge in [0.05, 0.1) is 10.8 Å². The first-order valence-corrected chi connectivity index (χ1v) is 11.7. The zero-order valence-electron chi connectivity index (χ0n) is 16.8. The van der Waals surface area contributed by atoms with Crippen molar-refractivity contribution in [2.45, 2.75) is 50.0 Å². The van der Waals surface area contributed by atoms with E-state index in [-0.39, 0.29) is 28.7 Å². The van der Waals surface area contributed by atoms with Crippen molar-refractivity contribution in [3.8, 4) is 0 Å². The average Bonchev–Trinajstić information content (AvgIpc) is 3.54. The smallest absolute Gasteiger partial charge is 0.246 e. The van der Waals surface area contributed by atoms with Gasteiger partial charge in [-0.15, -0.1) is 0 Å². The minimum Gasteiger partial charge on any atom is -0.356 e. The van der Waals surface area contributed by atoms with Gasteiger partial charge < -0.3 is 10.2 Å². The number of hydrogen-bond donors (Lipinski definition) is 2. The lowest BCUT2D eigenvalue weighted by Gasteiger charge is -2.31. The van der Waals surface area contributed by atoms with Crippen LogP contribution >= 0.6 is 0 Å². The number of nitrogens with one attached hydrogen (secondary N) is 2. The number of nitrogens with zero attached hydrogens (tertiary/aromatic N) is 1. The molecule has 0 bridgehead atoms. The lowest BCUT2D eigenvalue weighted by molar-refractivity contribution is -0.132. The molecule has 2 amide bonds. The molecule has 1 atom stereocenters. The largest absolute Gasteiger partial charge is 0.356 e. The molecule has 3 rings (SSSR count). The lowest BCUT2D eigenvalue weighted by atomic mass is 9.97. The molecule has 1 saturated carbocycles. The second kappa shape index (κ2) is 9.54. The van der Waals surface area contributed by atoms with Crippen LogP contribution in [0.1, 0.15) is 44.6 Å². The van der Waals surface area contributed by atoms with Crippen LogP contribution in [-0.2, 0) is 19.6 Å². The predicted octanol–water partition coefficient (Wildman–Crippen LogP) is 1.91. The Morgan fingerprint density at radius 2 is 1.90 bits per heavy atom. The van der Waals surface area contributed by atoms with Crippen molar-refractivity contribution in [2.75, 3.05) is 19.6 Å². The lowest BCUT2D eigenvalue weighted by Crippen LogP contribution is -2.45. The zero-order valence-corrected chi connectivity index (χ0v) is 17.6. The van der Waals surface area contributed by atoms with Crippen LogP contribution in [0.4, 0.5) is 0 Å². The summed E-state index contributed by atoms with van der Waals surface area (Å²) < 4.78 is 27.0. The van der Waals surface area contributed by atoms with Crippen molar-refractivity contribution in [3.05, 3.63) is 35.9 Å². The molecule has 1 aromatic carbocycles. The molecule has 29 heavy (non-hydrogen) atoms. The van der Waals surface area contributed by atoms with E-state index in [2.05, 4.69) is 10.0 Å². The summed E-state index contributed by atoms with van der Waals surface area (Å²) in [7, 11) is -3.47. The summed E-state index contributed by atoms with van der Waals surface area (Å²) in [4.78, 5) is 26.6. The molecule has 8 heteroatoms. The van der Waals surface area contributed by atoms with Gasteiger partial charge in [0, 0.05) is 31.8 Å². The minimum atomic E-state index is -3.47. The maximum atomic E-state index is 12.5. The molecular weight excluding hydrogens is 390 g/mol. The maximum Gasteiger partial charge on any atom is 0.246 e. The fraction of sp³-hybridized carbons (Fsp3) is 0.524. The number of sulfonamides is 1. The fourth-order valence-electron chi connectivity index (χ4n) is 3.30. The van der Waals surface area contributed by atoms with E-state index in [9.17, 15) is 18.0 Å². The summed E-state index contributed by atoms with van der Waals surface area (Å²) in [5, 5.41) is 2.90. The van der Waals surface area contributed by atoms with E-state index in [0.717, 1.165) is 37.7 Å². The number of benzene rings is 1. The number of hydrogen-bond acceptors (Lipinski definition) is 4. The Morgan fingerprint density at radius 1 is 1.17 bits per heavy atom. The van der Waals surface area contributed by atoms with Crippen LogP contribution in [0.25, 0.3) is 6.08 Å². The SMILES string of the molecule is CCCNC(=O)C1CCCN(C(=O)/C=C/c2ccc(S(=O)(=O)NC3CC3)cc2)C1. The summed E-state index contributed by atoms with van der Waals surface area (Å²) in [6, 6.07) is 6.52. The number of amides is 2. The Bertz CT molecular complexity index is 860. The molecular formula is C21H29N3O4S. The first kappa shape index (κ1) is 21.5. The van der Waals surface area contributed by atoms with E-state index >= 15 is 0 Å². The van der Waals surface area contributed by atoms with Crippen molar-refractivity contribution in [1.82, 2.24) is 14.9 Å². The third kappa shape index (κ3) is 6.14. The third-order valence-corrected chi connectivity index (χ3v) is 6.70. The zero-order chi connectivity index (χ0) is 20.9. The molecule has 2 fully saturated rings. The molecule has 1 aromatic rings.